The highest BCUT2D eigenvalue weighted by Gasteiger charge is 2.29. The van der Waals surface area contributed by atoms with Gasteiger partial charge >= 0.3 is 0 Å². The number of ether oxygens (including phenoxy) is 1. The Morgan fingerprint density at radius 1 is 1.20 bits per heavy atom. The Bertz CT molecular complexity index is 759. The lowest BCUT2D eigenvalue weighted by molar-refractivity contribution is 0.0853. The lowest BCUT2D eigenvalue weighted by Gasteiger charge is -2.12. The third-order valence-electron chi connectivity index (χ3n) is 4.30. The number of carbonyl (C=O) groups excluding carboxylic acids is 2. The van der Waals surface area contributed by atoms with Crippen LogP contribution in [-0.4, -0.2) is 62.0 Å². The number of pyridine rings is 1. The second-order valence-electron chi connectivity index (χ2n) is 6.33. The fourth-order valence-corrected chi connectivity index (χ4v) is 4.63. The minimum Gasteiger partial charge on any atom is -0.376 e. The molecular formula is C16H21N3O5S. The zero-order valence-corrected chi connectivity index (χ0v) is 14.5. The van der Waals surface area contributed by atoms with Crippen molar-refractivity contribution < 1.29 is 22.7 Å². The van der Waals surface area contributed by atoms with Crippen LogP contribution in [0.2, 0.25) is 0 Å². The SMILES string of the molecule is O=C(NCC1CCCO1)c1cccc(C(=O)NC2CCS(=O)(=O)C2)n1. The van der Waals surface area contributed by atoms with E-state index in [0.717, 1.165) is 12.8 Å². The highest BCUT2D eigenvalue weighted by Crippen LogP contribution is 2.12. The molecular weight excluding hydrogens is 346 g/mol. The predicted molar refractivity (Wildman–Crippen MR) is 90.1 cm³/mol. The summed E-state index contributed by atoms with van der Waals surface area (Å²) in [5.41, 5.74) is 0.235. The number of carbonyl (C=O) groups is 2. The number of nitrogens with one attached hydrogen (secondary N) is 2. The van der Waals surface area contributed by atoms with E-state index in [4.69, 9.17) is 4.74 Å². The van der Waals surface area contributed by atoms with Crippen molar-refractivity contribution in [3.63, 3.8) is 0 Å². The molecule has 1 aromatic rings. The Morgan fingerprint density at radius 2 is 1.96 bits per heavy atom. The van der Waals surface area contributed by atoms with Gasteiger partial charge in [0.05, 0.1) is 17.6 Å². The van der Waals surface area contributed by atoms with E-state index in [0.29, 0.717) is 19.6 Å². The van der Waals surface area contributed by atoms with Crippen molar-refractivity contribution in [3.8, 4) is 0 Å². The van der Waals surface area contributed by atoms with Gasteiger partial charge < -0.3 is 15.4 Å². The minimum absolute atomic E-state index is 0.0275. The molecule has 25 heavy (non-hydrogen) atoms. The molecule has 2 unspecified atom stereocenters. The number of rotatable bonds is 5. The van der Waals surface area contributed by atoms with Gasteiger partial charge in [-0.05, 0) is 31.4 Å². The molecule has 136 valence electrons. The summed E-state index contributed by atoms with van der Waals surface area (Å²) >= 11 is 0. The van der Waals surface area contributed by atoms with E-state index < -0.39 is 21.8 Å². The van der Waals surface area contributed by atoms with Crippen LogP contribution in [0.5, 0.6) is 0 Å². The Morgan fingerprint density at radius 3 is 2.60 bits per heavy atom. The van der Waals surface area contributed by atoms with Crippen molar-refractivity contribution in [2.24, 2.45) is 0 Å². The number of aromatic nitrogens is 1. The number of hydrogen-bond acceptors (Lipinski definition) is 6. The average Bonchev–Trinajstić information content (AvgIpc) is 3.22. The molecule has 2 atom stereocenters. The summed E-state index contributed by atoms with van der Waals surface area (Å²) in [6, 6.07) is 4.20. The fourth-order valence-electron chi connectivity index (χ4n) is 2.96. The molecule has 2 fully saturated rings. The van der Waals surface area contributed by atoms with Crippen molar-refractivity contribution in [2.45, 2.75) is 31.4 Å². The van der Waals surface area contributed by atoms with Crippen LogP contribution in [0, 0.1) is 0 Å². The van der Waals surface area contributed by atoms with E-state index in [-0.39, 0.29) is 34.9 Å². The molecule has 2 saturated heterocycles. The van der Waals surface area contributed by atoms with Gasteiger partial charge in [0.2, 0.25) is 0 Å². The summed E-state index contributed by atoms with van der Waals surface area (Å²) < 4.78 is 28.4. The predicted octanol–water partition coefficient (Wildman–Crippen LogP) is -0.0927. The quantitative estimate of drug-likeness (QED) is 0.752. The summed E-state index contributed by atoms with van der Waals surface area (Å²) in [4.78, 5) is 28.5. The van der Waals surface area contributed by atoms with Gasteiger partial charge in [-0.1, -0.05) is 6.07 Å². The number of hydrogen-bond donors (Lipinski definition) is 2. The van der Waals surface area contributed by atoms with Gasteiger partial charge in [-0.2, -0.15) is 0 Å². The monoisotopic (exact) mass is 367 g/mol. The second-order valence-corrected chi connectivity index (χ2v) is 8.56. The van der Waals surface area contributed by atoms with Crippen LogP contribution < -0.4 is 10.6 Å². The highest BCUT2D eigenvalue weighted by molar-refractivity contribution is 7.91. The van der Waals surface area contributed by atoms with Gasteiger partial charge in [0.25, 0.3) is 11.8 Å². The Labute approximate surface area is 146 Å². The summed E-state index contributed by atoms with van der Waals surface area (Å²) in [5, 5.41) is 5.41. The molecule has 2 N–H and O–H groups in total. The van der Waals surface area contributed by atoms with Gasteiger partial charge in [-0.25, -0.2) is 13.4 Å². The summed E-state index contributed by atoms with van der Waals surface area (Å²) in [6.45, 7) is 1.13. The lowest BCUT2D eigenvalue weighted by Crippen LogP contribution is -2.36. The first-order chi connectivity index (χ1) is 11.9. The third-order valence-corrected chi connectivity index (χ3v) is 6.06. The molecule has 2 aliphatic heterocycles. The zero-order chi connectivity index (χ0) is 17.9. The van der Waals surface area contributed by atoms with Crippen LogP contribution in [0.1, 0.15) is 40.2 Å². The van der Waals surface area contributed by atoms with Gasteiger partial charge in [-0.15, -0.1) is 0 Å². The van der Waals surface area contributed by atoms with Crippen LogP contribution in [0.15, 0.2) is 18.2 Å². The van der Waals surface area contributed by atoms with Gasteiger partial charge in [-0.3, -0.25) is 9.59 Å². The number of sulfone groups is 1. The Hall–Kier alpha value is -2.00. The minimum atomic E-state index is -3.07. The van der Waals surface area contributed by atoms with Crippen LogP contribution in [0.3, 0.4) is 0 Å². The van der Waals surface area contributed by atoms with E-state index >= 15 is 0 Å². The number of amides is 2. The van der Waals surface area contributed by atoms with Gasteiger partial charge in [0, 0.05) is 19.2 Å². The molecule has 0 saturated carbocycles. The first-order valence-electron chi connectivity index (χ1n) is 8.31. The molecule has 0 radical (unpaired) electrons. The average molecular weight is 367 g/mol. The van der Waals surface area contributed by atoms with Crippen molar-refractivity contribution in [3.05, 3.63) is 29.6 Å². The molecule has 1 aromatic heterocycles. The first kappa shape index (κ1) is 17.8. The maximum Gasteiger partial charge on any atom is 0.270 e. The van der Waals surface area contributed by atoms with Crippen LogP contribution in [0.25, 0.3) is 0 Å². The maximum absolute atomic E-state index is 12.2. The normalized spacial score (nSPS) is 24.8. The molecule has 8 nitrogen and oxygen atoms in total. The molecule has 3 heterocycles. The largest absolute Gasteiger partial charge is 0.376 e. The van der Waals surface area contributed by atoms with E-state index in [2.05, 4.69) is 15.6 Å². The Kier molecular flexibility index (Phi) is 5.33. The lowest BCUT2D eigenvalue weighted by atomic mass is 10.2. The summed E-state index contributed by atoms with van der Waals surface area (Å²) in [5.74, 6) is -0.818. The maximum atomic E-state index is 12.2. The summed E-state index contributed by atoms with van der Waals surface area (Å²) in [6.07, 6.45) is 2.33. The van der Waals surface area contributed by atoms with E-state index in [1.54, 1.807) is 6.07 Å². The van der Waals surface area contributed by atoms with Crippen molar-refractivity contribution in [1.29, 1.82) is 0 Å². The van der Waals surface area contributed by atoms with E-state index in [1.807, 2.05) is 0 Å². The molecule has 0 bridgehead atoms. The topological polar surface area (TPSA) is 114 Å². The van der Waals surface area contributed by atoms with Gasteiger partial charge in [0.15, 0.2) is 9.84 Å². The van der Waals surface area contributed by atoms with Crippen LogP contribution in [-0.2, 0) is 14.6 Å². The molecule has 0 aliphatic carbocycles. The summed E-state index contributed by atoms with van der Waals surface area (Å²) in [7, 11) is -3.07. The molecule has 2 amide bonds. The molecule has 2 aliphatic rings. The highest BCUT2D eigenvalue weighted by atomic mass is 32.2. The Balaban J connectivity index is 1.58. The zero-order valence-electron chi connectivity index (χ0n) is 13.7. The van der Waals surface area contributed by atoms with Gasteiger partial charge in [0.1, 0.15) is 11.4 Å². The smallest absolute Gasteiger partial charge is 0.270 e. The van der Waals surface area contributed by atoms with Crippen molar-refractivity contribution in [2.75, 3.05) is 24.7 Å². The first-order valence-corrected chi connectivity index (χ1v) is 10.1. The van der Waals surface area contributed by atoms with Crippen LogP contribution in [0.4, 0.5) is 0 Å². The molecule has 9 heteroatoms. The standard InChI is InChI=1S/C16H21N3O5S/c20-15(17-9-12-3-2-7-24-12)13-4-1-5-14(19-13)16(21)18-11-6-8-25(22,23)10-11/h1,4-5,11-12H,2-3,6-10H2,(H,17,20)(H,18,21). The fraction of sp³-hybridized carbons (Fsp3) is 0.562. The number of nitrogens with zero attached hydrogens (tertiary/aromatic N) is 1. The van der Waals surface area contributed by atoms with E-state index in [9.17, 15) is 18.0 Å². The van der Waals surface area contributed by atoms with Crippen molar-refractivity contribution >= 4 is 21.7 Å². The molecule has 3 rings (SSSR count). The molecule has 0 spiro atoms. The van der Waals surface area contributed by atoms with Crippen molar-refractivity contribution in [1.82, 2.24) is 15.6 Å². The molecule has 0 aromatic carbocycles. The van der Waals surface area contributed by atoms with Crippen LogP contribution >= 0.6 is 0 Å². The second kappa shape index (κ2) is 7.49. The third kappa shape index (κ3) is 4.76. The van der Waals surface area contributed by atoms with E-state index in [1.165, 1.54) is 12.1 Å².